The molecule has 0 aromatic heterocycles. The highest BCUT2D eigenvalue weighted by atomic mass is 16.6. The minimum atomic E-state index is -1.04. The van der Waals surface area contributed by atoms with Gasteiger partial charge in [0.1, 0.15) is 25.4 Å². The first-order valence-corrected chi connectivity index (χ1v) is 11.5. The minimum Gasteiger partial charge on any atom is -0.480 e. The largest absolute Gasteiger partial charge is 0.480 e. The summed E-state index contributed by atoms with van der Waals surface area (Å²) in [5, 5.41) is 16.5. The van der Waals surface area contributed by atoms with Gasteiger partial charge in [-0.1, -0.05) is 0 Å². The first-order valence-electron chi connectivity index (χ1n) is 11.5. The third-order valence-electron chi connectivity index (χ3n) is 4.43. The van der Waals surface area contributed by atoms with Gasteiger partial charge >= 0.3 is 18.2 Å². The lowest BCUT2D eigenvalue weighted by atomic mass is 10.1. The summed E-state index contributed by atoms with van der Waals surface area (Å²) in [6, 6.07) is -0.892. The Hall–Kier alpha value is -2.68. The molecule has 6 N–H and O–H groups in total. The number of carbonyl (C=O) groups excluding carboxylic acids is 3. The van der Waals surface area contributed by atoms with Crippen molar-refractivity contribution >= 4 is 24.1 Å². The summed E-state index contributed by atoms with van der Waals surface area (Å²) >= 11 is 0. The number of methoxy groups -OCH3 is 2. The molecule has 0 spiro atoms. The van der Waals surface area contributed by atoms with Crippen LogP contribution < -0.4 is 21.7 Å². The molecule has 0 rings (SSSR count). The minimum absolute atomic E-state index is 0.158. The number of rotatable bonds is 21. The highest BCUT2D eigenvalue weighted by Gasteiger charge is 2.16. The number of carboxylic acid groups (broad SMARTS) is 1. The zero-order valence-electron chi connectivity index (χ0n) is 20.5. The fourth-order valence-electron chi connectivity index (χ4n) is 2.51. The number of aliphatic carboxylic acids is 1. The summed E-state index contributed by atoms with van der Waals surface area (Å²) in [6.45, 7) is 1.50. The number of amides is 3. The Bertz CT molecular complexity index is 583. The van der Waals surface area contributed by atoms with E-state index in [1.54, 1.807) is 0 Å². The van der Waals surface area contributed by atoms with Gasteiger partial charge in [-0.05, 0) is 25.7 Å². The molecule has 204 valence electrons. The van der Waals surface area contributed by atoms with Gasteiger partial charge in [0.15, 0.2) is 0 Å². The topological polar surface area (TPSA) is 197 Å². The standard InChI is InChI=1S/C21H40N4O10/c1-31-12-9-24-20(29)34-14-16(15-35-21(30)25-10-13-32-2)33-11-5-7-18(26)23-8-4-3-6-17(22)19(27)28/h16-17H,3-15,22H2,1-2H3,(H,23,26)(H,24,29)(H,25,30)(H,27,28). The number of carboxylic acids is 1. The first-order chi connectivity index (χ1) is 16.8. The average molecular weight is 509 g/mol. The average Bonchev–Trinajstić information content (AvgIpc) is 2.82. The quantitative estimate of drug-likeness (QED) is 0.126. The molecule has 0 bridgehead atoms. The molecule has 0 aliphatic rings. The second kappa shape index (κ2) is 21.8. The molecular weight excluding hydrogens is 468 g/mol. The SMILES string of the molecule is COCCNC(=O)OCC(COC(=O)NCCOC)OCCCC(=O)NCCCCC(N)C(=O)O. The smallest absolute Gasteiger partial charge is 0.407 e. The van der Waals surface area contributed by atoms with Gasteiger partial charge < -0.3 is 50.5 Å². The third kappa shape index (κ3) is 20.4. The highest BCUT2D eigenvalue weighted by Crippen LogP contribution is 2.01. The maximum atomic E-state index is 11.9. The van der Waals surface area contributed by atoms with Crippen LogP contribution >= 0.6 is 0 Å². The summed E-state index contributed by atoms with van der Waals surface area (Å²) in [5.41, 5.74) is 5.42. The van der Waals surface area contributed by atoms with E-state index < -0.39 is 30.3 Å². The Morgan fingerprint density at radius 1 is 0.800 bits per heavy atom. The number of ether oxygens (including phenoxy) is 5. The van der Waals surface area contributed by atoms with Crippen LogP contribution in [0.25, 0.3) is 0 Å². The molecule has 3 amide bonds. The molecule has 1 atom stereocenters. The Morgan fingerprint density at radius 3 is 1.89 bits per heavy atom. The normalized spacial score (nSPS) is 11.5. The third-order valence-corrected chi connectivity index (χ3v) is 4.43. The predicted molar refractivity (Wildman–Crippen MR) is 124 cm³/mol. The molecule has 0 radical (unpaired) electrons. The summed E-state index contributed by atoms with van der Waals surface area (Å²) in [4.78, 5) is 46.0. The van der Waals surface area contributed by atoms with Crippen molar-refractivity contribution in [3.63, 3.8) is 0 Å². The number of carbonyl (C=O) groups is 4. The number of alkyl carbamates (subject to hydrolysis) is 2. The van der Waals surface area contributed by atoms with Crippen LogP contribution in [0.1, 0.15) is 32.1 Å². The van der Waals surface area contributed by atoms with E-state index in [1.165, 1.54) is 14.2 Å². The van der Waals surface area contributed by atoms with Gasteiger partial charge in [0, 0.05) is 46.9 Å². The Labute approximate surface area is 205 Å². The van der Waals surface area contributed by atoms with E-state index in [2.05, 4.69) is 16.0 Å². The van der Waals surface area contributed by atoms with Crippen LogP contribution in [0, 0.1) is 0 Å². The van der Waals surface area contributed by atoms with Crippen LogP contribution in [0.4, 0.5) is 9.59 Å². The molecule has 35 heavy (non-hydrogen) atoms. The molecule has 0 aliphatic carbocycles. The summed E-state index contributed by atoms with van der Waals surface area (Å²) in [5.74, 6) is -1.21. The zero-order valence-corrected chi connectivity index (χ0v) is 20.5. The highest BCUT2D eigenvalue weighted by molar-refractivity contribution is 5.75. The van der Waals surface area contributed by atoms with E-state index in [9.17, 15) is 19.2 Å². The fraction of sp³-hybridized carbons (Fsp3) is 0.810. The van der Waals surface area contributed by atoms with Gasteiger partial charge in [0.2, 0.25) is 5.91 Å². The second-order valence-corrected chi connectivity index (χ2v) is 7.42. The van der Waals surface area contributed by atoms with E-state index >= 15 is 0 Å². The van der Waals surface area contributed by atoms with Crippen LogP contribution in [0.3, 0.4) is 0 Å². The van der Waals surface area contributed by atoms with Crippen molar-refractivity contribution in [1.82, 2.24) is 16.0 Å². The first kappa shape index (κ1) is 32.3. The van der Waals surface area contributed by atoms with Crippen LogP contribution in [0.5, 0.6) is 0 Å². The summed E-state index contributed by atoms with van der Waals surface area (Å²) in [6.07, 6.45) is 0.116. The van der Waals surface area contributed by atoms with E-state index in [-0.39, 0.29) is 45.2 Å². The number of hydrogen-bond acceptors (Lipinski definition) is 10. The van der Waals surface area contributed by atoms with Crippen molar-refractivity contribution in [1.29, 1.82) is 0 Å². The molecule has 0 aromatic carbocycles. The summed E-state index contributed by atoms with van der Waals surface area (Å²) in [7, 11) is 3.01. The van der Waals surface area contributed by atoms with Gasteiger partial charge in [0.25, 0.3) is 0 Å². The van der Waals surface area contributed by atoms with Crippen molar-refractivity contribution in [2.45, 2.75) is 44.2 Å². The Morgan fingerprint density at radius 2 is 1.37 bits per heavy atom. The lowest BCUT2D eigenvalue weighted by Crippen LogP contribution is -2.35. The zero-order chi connectivity index (χ0) is 26.3. The van der Waals surface area contributed by atoms with Crippen LogP contribution in [-0.4, -0.2) is 108 Å². The molecule has 1 unspecified atom stereocenters. The van der Waals surface area contributed by atoms with Gasteiger partial charge in [0.05, 0.1) is 13.2 Å². The maximum Gasteiger partial charge on any atom is 0.407 e. The number of unbranched alkanes of at least 4 members (excludes halogenated alkanes) is 1. The van der Waals surface area contributed by atoms with E-state index in [0.717, 1.165) is 0 Å². The van der Waals surface area contributed by atoms with Gasteiger partial charge in [-0.15, -0.1) is 0 Å². The molecular formula is C21H40N4O10. The van der Waals surface area contributed by atoms with E-state index in [1.807, 2.05) is 0 Å². The second-order valence-electron chi connectivity index (χ2n) is 7.42. The lowest BCUT2D eigenvalue weighted by Gasteiger charge is -2.18. The van der Waals surface area contributed by atoms with Gasteiger partial charge in [-0.2, -0.15) is 0 Å². The van der Waals surface area contributed by atoms with Crippen molar-refractivity contribution in [3.05, 3.63) is 0 Å². The monoisotopic (exact) mass is 508 g/mol. The number of nitrogens with two attached hydrogens (primary N) is 1. The van der Waals surface area contributed by atoms with Crippen LogP contribution in [0.2, 0.25) is 0 Å². The maximum absolute atomic E-state index is 11.9. The van der Waals surface area contributed by atoms with Crippen LogP contribution in [0.15, 0.2) is 0 Å². The Balaban J connectivity index is 4.23. The molecule has 0 aliphatic heterocycles. The number of nitrogens with one attached hydrogen (secondary N) is 3. The van der Waals surface area contributed by atoms with Gasteiger partial charge in [-0.3, -0.25) is 9.59 Å². The molecule has 14 nitrogen and oxygen atoms in total. The molecule has 0 fully saturated rings. The predicted octanol–water partition coefficient (Wildman–Crippen LogP) is -0.405. The van der Waals surface area contributed by atoms with Crippen molar-refractivity contribution in [2.24, 2.45) is 5.73 Å². The van der Waals surface area contributed by atoms with Crippen LogP contribution in [-0.2, 0) is 33.3 Å². The molecule has 0 saturated heterocycles. The van der Waals surface area contributed by atoms with Crippen molar-refractivity contribution in [2.75, 3.05) is 66.9 Å². The molecule has 14 heteroatoms. The molecule has 0 aromatic rings. The number of hydrogen-bond donors (Lipinski definition) is 5. The Kier molecular flexibility index (Phi) is 20.2. The van der Waals surface area contributed by atoms with E-state index in [0.29, 0.717) is 45.4 Å². The fourth-order valence-corrected chi connectivity index (χ4v) is 2.51. The van der Waals surface area contributed by atoms with E-state index in [4.69, 9.17) is 34.5 Å². The summed E-state index contributed by atoms with van der Waals surface area (Å²) < 4.78 is 25.5. The molecule has 0 heterocycles. The van der Waals surface area contributed by atoms with Crippen molar-refractivity contribution in [3.8, 4) is 0 Å². The van der Waals surface area contributed by atoms with Crippen molar-refractivity contribution < 1.29 is 48.0 Å². The molecule has 0 saturated carbocycles. The van der Waals surface area contributed by atoms with Gasteiger partial charge in [-0.25, -0.2) is 9.59 Å². The lowest BCUT2D eigenvalue weighted by molar-refractivity contribution is -0.138.